The number of likely N-dealkylation sites (N-methyl/N-ethyl adjacent to an activating group) is 1. The topological polar surface area (TPSA) is 56.8 Å². The second-order valence-corrected chi connectivity index (χ2v) is 8.57. The number of carbonyl (C=O) groups excluding carboxylic acids is 1. The Balaban J connectivity index is 1.59. The molecule has 1 heterocycles. The average molecular weight is 443 g/mol. The lowest BCUT2D eigenvalue weighted by molar-refractivity contribution is -0.137. The van der Waals surface area contributed by atoms with Gasteiger partial charge in [0.05, 0.1) is 29.6 Å². The molecule has 0 radical (unpaired) electrons. The van der Waals surface area contributed by atoms with Crippen LogP contribution in [0.15, 0.2) is 18.2 Å². The number of alkyl halides is 3. The molecule has 2 N–H and O–H groups in total. The molecule has 1 aromatic rings. The quantitative estimate of drug-likeness (QED) is 0.650. The molecule has 2 fully saturated rings. The first-order chi connectivity index (χ1) is 14.7. The minimum Gasteiger partial charge on any atom is -0.376 e. The van der Waals surface area contributed by atoms with E-state index in [0.717, 1.165) is 44.5 Å². The number of hydrogen-bond acceptors (Lipinski definition) is 4. The predicted octanol–water partition coefficient (Wildman–Crippen LogP) is 4.17. The van der Waals surface area contributed by atoms with Crippen LogP contribution in [-0.2, 0) is 10.9 Å². The summed E-state index contributed by atoms with van der Waals surface area (Å²) in [5.74, 6) is 0.513. The van der Waals surface area contributed by atoms with Crippen molar-refractivity contribution >= 4 is 17.4 Å². The van der Waals surface area contributed by atoms with Crippen LogP contribution in [0, 0.1) is 5.92 Å². The van der Waals surface area contributed by atoms with Crippen LogP contribution in [0.5, 0.6) is 0 Å². The maximum atomic E-state index is 13.2. The Morgan fingerprint density at radius 1 is 1.16 bits per heavy atom. The molecule has 2 unspecified atom stereocenters. The highest BCUT2D eigenvalue weighted by Gasteiger charge is 2.32. The molecule has 1 aromatic carbocycles. The van der Waals surface area contributed by atoms with Crippen molar-refractivity contribution in [3.8, 4) is 0 Å². The summed E-state index contributed by atoms with van der Waals surface area (Å²) >= 11 is 0. The minimum atomic E-state index is -4.47. The third-order valence-electron chi connectivity index (χ3n) is 6.17. The van der Waals surface area contributed by atoms with Gasteiger partial charge in [-0.2, -0.15) is 13.2 Å². The van der Waals surface area contributed by atoms with Crippen LogP contribution in [-0.4, -0.2) is 63.4 Å². The second-order valence-electron chi connectivity index (χ2n) is 8.57. The van der Waals surface area contributed by atoms with Gasteiger partial charge in [-0.05, 0) is 44.0 Å². The number of carbonyl (C=O) groups is 1. The molecule has 6 nitrogen and oxygen atoms in total. The van der Waals surface area contributed by atoms with Gasteiger partial charge in [-0.3, -0.25) is 0 Å². The van der Waals surface area contributed by atoms with Crippen molar-refractivity contribution < 1.29 is 22.7 Å². The second kappa shape index (κ2) is 10.5. The number of piperazine rings is 1. The number of rotatable bonds is 6. The van der Waals surface area contributed by atoms with Crippen LogP contribution in [0.1, 0.15) is 38.2 Å². The van der Waals surface area contributed by atoms with Gasteiger partial charge in [0.15, 0.2) is 0 Å². The molecule has 0 bridgehead atoms. The van der Waals surface area contributed by atoms with Crippen molar-refractivity contribution in [1.82, 2.24) is 10.2 Å². The minimum absolute atomic E-state index is 0.165. The number of nitrogens with zero attached hydrogens (tertiary/aromatic N) is 2. The van der Waals surface area contributed by atoms with E-state index in [1.165, 1.54) is 12.5 Å². The van der Waals surface area contributed by atoms with E-state index < -0.39 is 17.8 Å². The molecular weight excluding hydrogens is 409 g/mol. The molecule has 31 heavy (non-hydrogen) atoms. The molecular formula is C22H33F3N4O2. The summed E-state index contributed by atoms with van der Waals surface area (Å²) in [5, 5.41) is 5.32. The maximum absolute atomic E-state index is 13.2. The van der Waals surface area contributed by atoms with E-state index in [9.17, 15) is 18.0 Å². The zero-order chi connectivity index (χ0) is 22.4. The highest BCUT2D eigenvalue weighted by molar-refractivity contribution is 5.93. The molecule has 1 saturated carbocycles. The molecule has 0 spiro atoms. The predicted molar refractivity (Wildman–Crippen MR) is 116 cm³/mol. The Bertz CT molecular complexity index is 736. The van der Waals surface area contributed by atoms with E-state index >= 15 is 0 Å². The van der Waals surface area contributed by atoms with Crippen LogP contribution in [0.3, 0.4) is 0 Å². The van der Waals surface area contributed by atoms with Gasteiger partial charge in [0.2, 0.25) is 0 Å². The van der Waals surface area contributed by atoms with Gasteiger partial charge >= 0.3 is 12.2 Å². The SMILES string of the molecule is CC1CCCCC1OCCNC(=O)Nc1cc(C(F)(F)F)ccc1N1CCN(C)CC1. The molecule has 2 aliphatic rings. The number of amides is 2. The first kappa shape index (κ1) is 23.7. The average Bonchev–Trinajstić information content (AvgIpc) is 2.72. The van der Waals surface area contributed by atoms with Gasteiger partial charge in [-0.15, -0.1) is 0 Å². The third kappa shape index (κ3) is 6.74. The molecule has 1 aliphatic heterocycles. The largest absolute Gasteiger partial charge is 0.416 e. The summed E-state index contributed by atoms with van der Waals surface area (Å²) in [6.07, 6.45) is 0.320. The highest BCUT2D eigenvalue weighted by atomic mass is 19.4. The van der Waals surface area contributed by atoms with Crippen LogP contribution < -0.4 is 15.5 Å². The first-order valence-corrected chi connectivity index (χ1v) is 11.0. The lowest BCUT2D eigenvalue weighted by Crippen LogP contribution is -2.45. The van der Waals surface area contributed by atoms with Crippen molar-refractivity contribution in [1.29, 1.82) is 0 Å². The molecule has 0 aromatic heterocycles. The molecule has 2 amide bonds. The van der Waals surface area contributed by atoms with Gasteiger partial charge in [-0.25, -0.2) is 4.79 Å². The van der Waals surface area contributed by atoms with E-state index in [4.69, 9.17) is 4.74 Å². The van der Waals surface area contributed by atoms with Crippen LogP contribution in [0.4, 0.5) is 29.3 Å². The van der Waals surface area contributed by atoms with Gasteiger partial charge in [0.25, 0.3) is 0 Å². The maximum Gasteiger partial charge on any atom is 0.416 e. The van der Waals surface area contributed by atoms with Crippen molar-refractivity contribution in [2.75, 3.05) is 56.6 Å². The van der Waals surface area contributed by atoms with Crippen LogP contribution in [0.2, 0.25) is 0 Å². The smallest absolute Gasteiger partial charge is 0.376 e. The van der Waals surface area contributed by atoms with E-state index in [1.54, 1.807) is 0 Å². The first-order valence-electron chi connectivity index (χ1n) is 11.0. The molecule has 1 aliphatic carbocycles. The van der Waals surface area contributed by atoms with E-state index in [2.05, 4.69) is 22.5 Å². The van der Waals surface area contributed by atoms with Gasteiger partial charge in [0, 0.05) is 32.7 Å². The van der Waals surface area contributed by atoms with E-state index in [0.29, 0.717) is 37.8 Å². The van der Waals surface area contributed by atoms with Gasteiger partial charge in [0.1, 0.15) is 0 Å². The molecule has 9 heteroatoms. The van der Waals surface area contributed by atoms with E-state index in [-0.39, 0.29) is 11.8 Å². The van der Waals surface area contributed by atoms with Crippen molar-refractivity contribution in [2.45, 2.75) is 44.9 Å². The van der Waals surface area contributed by atoms with Crippen LogP contribution in [0.25, 0.3) is 0 Å². The zero-order valence-electron chi connectivity index (χ0n) is 18.3. The fourth-order valence-corrected chi connectivity index (χ4v) is 4.21. The normalized spacial score (nSPS) is 22.9. The molecule has 2 atom stereocenters. The molecule has 1 saturated heterocycles. The number of nitrogens with one attached hydrogen (secondary N) is 2. The summed E-state index contributed by atoms with van der Waals surface area (Å²) in [5.41, 5.74) is -0.0162. The van der Waals surface area contributed by atoms with Crippen LogP contribution >= 0.6 is 0 Å². The number of ether oxygens (including phenoxy) is 1. The number of benzene rings is 1. The van der Waals surface area contributed by atoms with Gasteiger partial charge in [-0.1, -0.05) is 19.8 Å². The Hall–Kier alpha value is -2.00. The Kier molecular flexibility index (Phi) is 8.05. The van der Waals surface area contributed by atoms with Crippen molar-refractivity contribution in [3.63, 3.8) is 0 Å². The lowest BCUT2D eigenvalue weighted by atomic mass is 9.88. The number of hydrogen-bond donors (Lipinski definition) is 2. The Morgan fingerprint density at radius 2 is 1.87 bits per heavy atom. The summed E-state index contributed by atoms with van der Waals surface area (Å²) in [4.78, 5) is 16.6. The van der Waals surface area contributed by atoms with E-state index in [1.807, 2.05) is 11.9 Å². The lowest BCUT2D eigenvalue weighted by Gasteiger charge is -2.35. The van der Waals surface area contributed by atoms with Crippen molar-refractivity contribution in [2.24, 2.45) is 5.92 Å². The summed E-state index contributed by atoms with van der Waals surface area (Å²) < 4.78 is 45.6. The number of anilines is 2. The zero-order valence-corrected chi connectivity index (χ0v) is 18.3. The molecule has 3 rings (SSSR count). The Morgan fingerprint density at radius 3 is 2.55 bits per heavy atom. The van der Waals surface area contributed by atoms with Gasteiger partial charge < -0.3 is 25.2 Å². The number of halogens is 3. The fraction of sp³-hybridized carbons (Fsp3) is 0.682. The monoisotopic (exact) mass is 442 g/mol. The summed E-state index contributed by atoms with van der Waals surface area (Å²) in [6, 6.07) is 2.98. The third-order valence-corrected chi connectivity index (χ3v) is 6.17. The standard InChI is InChI=1S/C22H33F3N4O2/c1-16-5-3-4-6-20(16)31-14-9-26-21(30)27-18-15-17(22(23,24)25)7-8-19(18)29-12-10-28(2)11-13-29/h7-8,15-16,20H,3-6,9-14H2,1-2H3,(H2,26,27,30). The fourth-order valence-electron chi connectivity index (χ4n) is 4.21. The number of urea groups is 1. The van der Waals surface area contributed by atoms with Crippen molar-refractivity contribution in [3.05, 3.63) is 23.8 Å². The summed E-state index contributed by atoms with van der Waals surface area (Å²) in [6.45, 7) is 5.86. The molecule has 174 valence electrons. The summed E-state index contributed by atoms with van der Waals surface area (Å²) in [7, 11) is 2.01. The Labute approximate surface area is 182 Å². The highest BCUT2D eigenvalue weighted by Crippen LogP contribution is 2.35.